The van der Waals surface area contributed by atoms with Crippen molar-refractivity contribution < 1.29 is 0 Å². The molecule has 11 aromatic rings. The van der Waals surface area contributed by atoms with Crippen LogP contribution in [0.3, 0.4) is 0 Å². The summed E-state index contributed by atoms with van der Waals surface area (Å²) in [7, 11) is 0. The maximum Gasteiger partial charge on any atom is -0.000741 e. The molecule has 0 bridgehead atoms. The molecule has 0 aliphatic carbocycles. The highest BCUT2D eigenvalue weighted by atomic mass is 14.3. The van der Waals surface area contributed by atoms with Crippen LogP contribution < -0.4 is 0 Å². The molecule has 0 amide bonds. The van der Waals surface area contributed by atoms with Gasteiger partial charge >= 0.3 is 0 Å². The first-order valence-electron chi connectivity index (χ1n) is 16.8. The van der Waals surface area contributed by atoms with Crippen molar-refractivity contribution in [2.75, 3.05) is 0 Å². The van der Waals surface area contributed by atoms with Gasteiger partial charge < -0.3 is 0 Å². The second kappa shape index (κ2) is 9.64. The van der Waals surface area contributed by atoms with Gasteiger partial charge in [-0.15, -0.1) is 0 Å². The molecule has 48 heavy (non-hydrogen) atoms. The van der Waals surface area contributed by atoms with Crippen molar-refractivity contribution in [1.29, 1.82) is 0 Å². The van der Waals surface area contributed by atoms with Crippen LogP contribution in [0.25, 0.3) is 108 Å². The number of benzene rings is 11. The van der Waals surface area contributed by atoms with E-state index in [1.807, 2.05) is 0 Å². The molecule has 11 rings (SSSR count). The molecule has 0 spiro atoms. The molecule has 0 radical (unpaired) electrons. The summed E-state index contributed by atoms with van der Waals surface area (Å²) in [6.07, 6.45) is 0. The monoisotopic (exact) mass is 604 g/mol. The van der Waals surface area contributed by atoms with Crippen molar-refractivity contribution >= 4 is 86.2 Å². The van der Waals surface area contributed by atoms with Crippen LogP contribution in [0.4, 0.5) is 0 Å². The van der Waals surface area contributed by atoms with Gasteiger partial charge in [-0.25, -0.2) is 0 Å². The van der Waals surface area contributed by atoms with E-state index < -0.39 is 0 Å². The topological polar surface area (TPSA) is 0 Å². The Hall–Kier alpha value is -6.24. The average Bonchev–Trinajstić information content (AvgIpc) is 3.16. The normalized spacial score (nSPS) is 12.2. The minimum absolute atomic E-state index is 1.26. The lowest BCUT2D eigenvalue weighted by atomic mass is 9.79. The van der Waals surface area contributed by atoms with E-state index in [0.717, 1.165) is 0 Å². The lowest BCUT2D eigenvalue weighted by Crippen LogP contribution is -1.95. The third kappa shape index (κ3) is 3.34. The van der Waals surface area contributed by atoms with Crippen molar-refractivity contribution in [3.8, 4) is 22.3 Å². The van der Waals surface area contributed by atoms with E-state index in [9.17, 15) is 0 Å². The number of hydrogen-bond acceptors (Lipinski definition) is 0. The minimum Gasteiger partial charge on any atom is -0.0616 e. The summed E-state index contributed by atoms with van der Waals surface area (Å²) in [6.45, 7) is 0. The fourth-order valence-corrected chi connectivity index (χ4v) is 8.89. The fraction of sp³-hybridized carbons (Fsp3) is 0. The summed E-state index contributed by atoms with van der Waals surface area (Å²) in [5.74, 6) is 0. The zero-order valence-electron chi connectivity index (χ0n) is 26.2. The SMILES string of the molecule is c1ccc2c(-c3c4ccccc4c4cccc5c6c(-c7cccc8ccccc78)c7ccccc7c7cccc(c3c45)c76)cccc2c1. The molecule has 0 saturated carbocycles. The highest BCUT2D eigenvalue weighted by Crippen LogP contribution is 2.53. The Morgan fingerprint density at radius 2 is 0.500 bits per heavy atom. The van der Waals surface area contributed by atoms with Crippen LogP contribution in [-0.2, 0) is 0 Å². The van der Waals surface area contributed by atoms with Crippen LogP contribution in [0.1, 0.15) is 0 Å². The first kappa shape index (κ1) is 25.9. The molecule has 0 unspecified atom stereocenters. The Morgan fingerprint density at radius 3 is 0.958 bits per heavy atom. The van der Waals surface area contributed by atoms with E-state index in [2.05, 4.69) is 170 Å². The molecule has 220 valence electrons. The molecule has 0 nitrogen and oxygen atoms in total. The summed E-state index contributed by atoms with van der Waals surface area (Å²) in [5.41, 5.74) is 5.21. The highest BCUT2D eigenvalue weighted by Gasteiger charge is 2.24. The first-order valence-corrected chi connectivity index (χ1v) is 16.8. The molecule has 0 heteroatoms. The summed E-state index contributed by atoms with van der Waals surface area (Å²) in [6, 6.07) is 63.2. The van der Waals surface area contributed by atoms with Gasteiger partial charge in [-0.3, -0.25) is 0 Å². The van der Waals surface area contributed by atoms with Crippen LogP contribution >= 0.6 is 0 Å². The van der Waals surface area contributed by atoms with Crippen LogP contribution in [0, 0.1) is 0 Å². The maximum absolute atomic E-state index is 2.38. The molecular formula is C48H28. The number of fused-ring (bicyclic) bond motifs is 8. The second-order valence-electron chi connectivity index (χ2n) is 13.1. The molecule has 0 fully saturated rings. The molecule has 0 atom stereocenters. The molecular weight excluding hydrogens is 577 g/mol. The van der Waals surface area contributed by atoms with Gasteiger partial charge in [-0.05, 0) is 108 Å². The van der Waals surface area contributed by atoms with Gasteiger partial charge in [0.15, 0.2) is 0 Å². The molecule has 0 aromatic heterocycles. The molecule has 0 aliphatic rings. The lowest BCUT2D eigenvalue weighted by molar-refractivity contribution is 1.71. The van der Waals surface area contributed by atoms with Gasteiger partial charge in [0.25, 0.3) is 0 Å². The van der Waals surface area contributed by atoms with E-state index in [1.165, 1.54) is 108 Å². The number of rotatable bonds is 2. The van der Waals surface area contributed by atoms with Crippen LogP contribution in [-0.4, -0.2) is 0 Å². The highest BCUT2D eigenvalue weighted by molar-refractivity contribution is 6.45. The lowest BCUT2D eigenvalue weighted by Gasteiger charge is -2.24. The van der Waals surface area contributed by atoms with Gasteiger partial charge in [-0.1, -0.05) is 170 Å². The van der Waals surface area contributed by atoms with Crippen molar-refractivity contribution in [1.82, 2.24) is 0 Å². The number of hydrogen-bond donors (Lipinski definition) is 0. The fourth-order valence-electron chi connectivity index (χ4n) is 8.89. The van der Waals surface area contributed by atoms with Gasteiger partial charge in [-0.2, -0.15) is 0 Å². The van der Waals surface area contributed by atoms with Crippen LogP contribution in [0.5, 0.6) is 0 Å². The second-order valence-corrected chi connectivity index (χ2v) is 13.1. The minimum atomic E-state index is 1.26. The molecule has 0 heterocycles. The standard InChI is InChI=1S/C48H28/c1-3-17-31-29(13-1)15-9-23-35(31)43-37-21-7-5-19-33(37)39-25-12-28-42-45(39)47(43)41-27-11-26-40-34-20-6-8-22-38(34)44(48(42)46(40)41)36-24-10-16-30-14-2-4-18-32(30)36/h1-28H. The zero-order valence-corrected chi connectivity index (χ0v) is 26.2. The van der Waals surface area contributed by atoms with E-state index in [1.54, 1.807) is 0 Å². The van der Waals surface area contributed by atoms with Crippen molar-refractivity contribution in [2.45, 2.75) is 0 Å². The molecule has 0 saturated heterocycles. The van der Waals surface area contributed by atoms with E-state index >= 15 is 0 Å². The zero-order chi connectivity index (χ0) is 31.3. The van der Waals surface area contributed by atoms with Crippen LogP contribution in [0.15, 0.2) is 170 Å². The molecule has 0 aliphatic heterocycles. The summed E-state index contributed by atoms with van der Waals surface area (Å²) >= 11 is 0. The van der Waals surface area contributed by atoms with E-state index in [-0.39, 0.29) is 0 Å². The Bertz CT molecular complexity index is 2880. The van der Waals surface area contributed by atoms with Gasteiger partial charge in [0.1, 0.15) is 0 Å². The molecule has 11 aromatic carbocycles. The predicted octanol–water partition coefficient (Wildman–Crippen LogP) is 13.7. The Balaban J connectivity index is 1.49. The maximum atomic E-state index is 2.38. The largest absolute Gasteiger partial charge is 0.0616 e. The quantitative estimate of drug-likeness (QED) is 0.136. The van der Waals surface area contributed by atoms with E-state index in [0.29, 0.717) is 0 Å². The van der Waals surface area contributed by atoms with Crippen molar-refractivity contribution in [2.24, 2.45) is 0 Å². The Morgan fingerprint density at radius 1 is 0.188 bits per heavy atom. The van der Waals surface area contributed by atoms with Crippen molar-refractivity contribution in [3.05, 3.63) is 170 Å². The summed E-state index contributed by atoms with van der Waals surface area (Å²) < 4.78 is 0. The van der Waals surface area contributed by atoms with Crippen molar-refractivity contribution in [3.63, 3.8) is 0 Å². The van der Waals surface area contributed by atoms with Crippen LogP contribution in [0.2, 0.25) is 0 Å². The average molecular weight is 605 g/mol. The molecule has 0 N–H and O–H groups in total. The summed E-state index contributed by atoms with van der Waals surface area (Å²) in [5, 5.41) is 20.9. The summed E-state index contributed by atoms with van der Waals surface area (Å²) in [4.78, 5) is 0. The third-order valence-corrected chi connectivity index (χ3v) is 10.8. The Kier molecular flexibility index (Phi) is 5.20. The van der Waals surface area contributed by atoms with Gasteiger partial charge in [0.2, 0.25) is 0 Å². The van der Waals surface area contributed by atoms with Gasteiger partial charge in [0.05, 0.1) is 0 Å². The first-order chi connectivity index (χ1) is 23.9. The smallest absolute Gasteiger partial charge is 0.000741 e. The van der Waals surface area contributed by atoms with Gasteiger partial charge in [0, 0.05) is 0 Å². The van der Waals surface area contributed by atoms with E-state index in [4.69, 9.17) is 0 Å². The third-order valence-electron chi connectivity index (χ3n) is 10.8. The predicted molar refractivity (Wildman–Crippen MR) is 209 cm³/mol. The Labute approximate surface area is 277 Å².